The normalized spacial score (nSPS) is 43.5. The van der Waals surface area contributed by atoms with Gasteiger partial charge in [-0.3, -0.25) is 0 Å². The molecule has 2 unspecified atom stereocenters. The molecule has 0 heteroatoms. The van der Waals surface area contributed by atoms with Crippen molar-refractivity contribution in [2.75, 3.05) is 0 Å². The van der Waals surface area contributed by atoms with Crippen molar-refractivity contribution in [2.24, 2.45) is 17.8 Å². The third-order valence-corrected chi connectivity index (χ3v) is 3.31. The van der Waals surface area contributed by atoms with Crippen LogP contribution in [0.1, 0.15) is 45.4 Å². The lowest BCUT2D eigenvalue weighted by Crippen LogP contribution is -1.95. The maximum Gasteiger partial charge on any atom is -0.0380 e. The van der Waals surface area contributed by atoms with Gasteiger partial charge < -0.3 is 0 Å². The van der Waals surface area contributed by atoms with E-state index in [-0.39, 0.29) is 0 Å². The van der Waals surface area contributed by atoms with E-state index in [9.17, 15) is 0 Å². The Morgan fingerprint density at radius 1 is 1.10 bits per heavy atom. The standard InChI is InChI=1S/C10H18/c1-2-3-4-8-5-9-7-10(9)6-8/h8-10H,2-7H2,1H3/t8?,9-,10?/m1/s1. The lowest BCUT2D eigenvalue weighted by molar-refractivity contribution is 0.436. The van der Waals surface area contributed by atoms with Gasteiger partial charge in [0, 0.05) is 0 Å². The summed E-state index contributed by atoms with van der Waals surface area (Å²) in [7, 11) is 0. The van der Waals surface area contributed by atoms with Gasteiger partial charge in [-0.2, -0.15) is 0 Å². The Labute approximate surface area is 64.0 Å². The van der Waals surface area contributed by atoms with Gasteiger partial charge in [-0.25, -0.2) is 0 Å². The summed E-state index contributed by atoms with van der Waals surface area (Å²) in [6, 6.07) is 0. The molecule has 2 rings (SSSR count). The first kappa shape index (κ1) is 6.69. The number of hydrogen-bond donors (Lipinski definition) is 0. The highest BCUT2D eigenvalue weighted by atomic mass is 14.5. The molecule has 0 bridgehead atoms. The van der Waals surface area contributed by atoms with Crippen LogP contribution < -0.4 is 0 Å². The first-order valence-electron chi connectivity index (χ1n) is 4.90. The molecule has 0 aromatic rings. The molecule has 0 aromatic carbocycles. The van der Waals surface area contributed by atoms with E-state index in [2.05, 4.69) is 6.92 Å². The molecule has 10 heavy (non-hydrogen) atoms. The molecular formula is C10H18. The van der Waals surface area contributed by atoms with Gasteiger partial charge in [0.15, 0.2) is 0 Å². The van der Waals surface area contributed by atoms with Crippen molar-refractivity contribution in [1.82, 2.24) is 0 Å². The maximum absolute atomic E-state index is 2.30. The summed E-state index contributed by atoms with van der Waals surface area (Å²) in [4.78, 5) is 0. The predicted molar refractivity (Wildman–Crippen MR) is 43.8 cm³/mol. The molecule has 0 spiro atoms. The maximum atomic E-state index is 2.30. The van der Waals surface area contributed by atoms with E-state index in [0.29, 0.717) is 0 Å². The highest BCUT2D eigenvalue weighted by molar-refractivity contribution is 4.95. The van der Waals surface area contributed by atoms with Crippen LogP contribution in [0.5, 0.6) is 0 Å². The van der Waals surface area contributed by atoms with E-state index in [4.69, 9.17) is 0 Å². The first-order chi connectivity index (χ1) is 4.90. The Balaban J connectivity index is 1.66. The molecule has 3 atom stereocenters. The third kappa shape index (κ3) is 1.21. The zero-order chi connectivity index (χ0) is 6.97. The van der Waals surface area contributed by atoms with Crippen LogP contribution in [0.25, 0.3) is 0 Å². The Kier molecular flexibility index (Phi) is 1.71. The molecule has 0 saturated heterocycles. The molecule has 0 aliphatic heterocycles. The quantitative estimate of drug-likeness (QED) is 0.561. The Bertz CT molecular complexity index is 107. The summed E-state index contributed by atoms with van der Waals surface area (Å²) in [5.74, 6) is 3.53. The summed E-state index contributed by atoms with van der Waals surface area (Å²) >= 11 is 0. The molecule has 2 saturated carbocycles. The number of unbranched alkanes of at least 4 members (excludes halogenated alkanes) is 1. The minimum absolute atomic E-state index is 1.14. The minimum atomic E-state index is 1.14. The van der Waals surface area contributed by atoms with Gasteiger partial charge in [-0.15, -0.1) is 0 Å². The van der Waals surface area contributed by atoms with Crippen LogP contribution in [0.15, 0.2) is 0 Å². The number of fused-ring (bicyclic) bond motifs is 1. The predicted octanol–water partition coefficient (Wildman–Crippen LogP) is 3.22. The van der Waals surface area contributed by atoms with Crippen molar-refractivity contribution in [3.05, 3.63) is 0 Å². The number of rotatable bonds is 3. The monoisotopic (exact) mass is 138 g/mol. The van der Waals surface area contributed by atoms with Crippen molar-refractivity contribution < 1.29 is 0 Å². The summed E-state index contributed by atoms with van der Waals surface area (Å²) in [5.41, 5.74) is 0. The second-order valence-electron chi connectivity index (χ2n) is 4.24. The SMILES string of the molecule is CCCCC1CC2C[C@H]2C1. The first-order valence-corrected chi connectivity index (χ1v) is 4.90. The van der Waals surface area contributed by atoms with E-state index in [1.165, 1.54) is 31.1 Å². The average Bonchev–Trinajstić information content (AvgIpc) is 2.56. The zero-order valence-electron chi connectivity index (χ0n) is 6.97. The smallest absolute Gasteiger partial charge is 0.0380 e. The molecular weight excluding hydrogens is 120 g/mol. The number of hydrogen-bond acceptors (Lipinski definition) is 0. The van der Waals surface area contributed by atoms with Crippen LogP contribution in [0, 0.1) is 17.8 Å². The van der Waals surface area contributed by atoms with Gasteiger partial charge >= 0.3 is 0 Å². The Hall–Kier alpha value is 0. The topological polar surface area (TPSA) is 0 Å². The van der Waals surface area contributed by atoms with Crippen LogP contribution in [-0.4, -0.2) is 0 Å². The van der Waals surface area contributed by atoms with Gasteiger partial charge in [-0.1, -0.05) is 26.2 Å². The second kappa shape index (κ2) is 2.56. The fraction of sp³-hybridized carbons (Fsp3) is 1.00. The van der Waals surface area contributed by atoms with Crippen molar-refractivity contribution in [3.63, 3.8) is 0 Å². The average molecular weight is 138 g/mol. The van der Waals surface area contributed by atoms with Gasteiger partial charge in [-0.05, 0) is 37.0 Å². The molecule has 0 aromatic heterocycles. The summed E-state index contributed by atoms with van der Waals surface area (Å²) in [6.07, 6.45) is 9.16. The molecule has 2 aliphatic rings. The third-order valence-electron chi connectivity index (χ3n) is 3.31. The largest absolute Gasteiger partial charge is 0.0654 e. The van der Waals surface area contributed by atoms with Crippen molar-refractivity contribution >= 4 is 0 Å². The summed E-state index contributed by atoms with van der Waals surface area (Å²) < 4.78 is 0. The van der Waals surface area contributed by atoms with E-state index < -0.39 is 0 Å². The molecule has 58 valence electrons. The highest BCUT2D eigenvalue weighted by Crippen LogP contribution is 2.55. The van der Waals surface area contributed by atoms with Crippen LogP contribution in [0.3, 0.4) is 0 Å². The molecule has 0 nitrogen and oxygen atoms in total. The highest BCUT2D eigenvalue weighted by Gasteiger charge is 2.45. The van der Waals surface area contributed by atoms with Gasteiger partial charge in [0.2, 0.25) is 0 Å². The molecule has 0 amide bonds. The zero-order valence-corrected chi connectivity index (χ0v) is 6.97. The molecule has 0 radical (unpaired) electrons. The molecule has 0 N–H and O–H groups in total. The Morgan fingerprint density at radius 2 is 1.80 bits per heavy atom. The van der Waals surface area contributed by atoms with Crippen LogP contribution in [-0.2, 0) is 0 Å². The van der Waals surface area contributed by atoms with Crippen molar-refractivity contribution in [1.29, 1.82) is 0 Å². The van der Waals surface area contributed by atoms with Crippen LogP contribution >= 0.6 is 0 Å². The van der Waals surface area contributed by atoms with Crippen LogP contribution in [0.2, 0.25) is 0 Å². The van der Waals surface area contributed by atoms with Gasteiger partial charge in [0.05, 0.1) is 0 Å². The van der Waals surface area contributed by atoms with Gasteiger partial charge in [0.1, 0.15) is 0 Å². The molecule has 0 heterocycles. The lowest BCUT2D eigenvalue weighted by atomic mass is 9.97. The van der Waals surface area contributed by atoms with E-state index in [1.54, 1.807) is 19.3 Å². The molecule has 2 aliphatic carbocycles. The fourth-order valence-corrected chi connectivity index (χ4v) is 2.57. The minimum Gasteiger partial charge on any atom is -0.0654 e. The van der Waals surface area contributed by atoms with Crippen LogP contribution in [0.4, 0.5) is 0 Å². The van der Waals surface area contributed by atoms with Crippen molar-refractivity contribution in [2.45, 2.75) is 45.4 Å². The van der Waals surface area contributed by atoms with E-state index in [0.717, 1.165) is 5.92 Å². The molecule has 2 fully saturated rings. The summed E-state index contributed by atoms with van der Waals surface area (Å²) in [6.45, 7) is 2.30. The Morgan fingerprint density at radius 3 is 2.40 bits per heavy atom. The van der Waals surface area contributed by atoms with Crippen molar-refractivity contribution in [3.8, 4) is 0 Å². The fourth-order valence-electron chi connectivity index (χ4n) is 2.57. The van der Waals surface area contributed by atoms with E-state index in [1.807, 2.05) is 0 Å². The van der Waals surface area contributed by atoms with Gasteiger partial charge in [0.25, 0.3) is 0 Å². The van der Waals surface area contributed by atoms with E-state index >= 15 is 0 Å². The lowest BCUT2D eigenvalue weighted by Gasteiger charge is -2.09. The summed E-state index contributed by atoms with van der Waals surface area (Å²) in [5, 5.41) is 0. The second-order valence-corrected chi connectivity index (χ2v) is 4.24.